The molecule has 0 radical (unpaired) electrons. The molecule has 0 bridgehead atoms. The van der Waals surface area contributed by atoms with Crippen molar-refractivity contribution in [2.75, 3.05) is 6.54 Å². The molecule has 1 fully saturated rings. The minimum Gasteiger partial charge on any atom is -0.444 e. The zero-order valence-corrected chi connectivity index (χ0v) is 14.5. The fourth-order valence-electron chi connectivity index (χ4n) is 2.78. The van der Waals surface area contributed by atoms with E-state index < -0.39 is 5.60 Å². The smallest absolute Gasteiger partial charge is 0.410 e. The van der Waals surface area contributed by atoms with Gasteiger partial charge in [-0.05, 0) is 45.7 Å². The average molecular weight is 340 g/mol. The Bertz CT molecular complexity index is 816. The van der Waals surface area contributed by atoms with Crippen LogP contribution in [0.4, 0.5) is 4.79 Å². The van der Waals surface area contributed by atoms with Gasteiger partial charge in [-0.2, -0.15) is 10.2 Å². The third-order valence-corrected chi connectivity index (χ3v) is 3.86. The summed E-state index contributed by atoms with van der Waals surface area (Å²) >= 11 is 0. The van der Waals surface area contributed by atoms with Crippen molar-refractivity contribution < 1.29 is 14.1 Å². The van der Waals surface area contributed by atoms with Crippen LogP contribution in [-0.4, -0.2) is 33.3 Å². The molecule has 1 saturated heterocycles. The summed E-state index contributed by atoms with van der Waals surface area (Å²) in [6.45, 7) is 6.11. The molecule has 1 aromatic heterocycles. The summed E-state index contributed by atoms with van der Waals surface area (Å²) in [5, 5.41) is 13.0. The molecule has 0 aliphatic carbocycles. The summed E-state index contributed by atoms with van der Waals surface area (Å²) < 4.78 is 10.8. The van der Waals surface area contributed by atoms with E-state index in [9.17, 15) is 4.79 Å². The van der Waals surface area contributed by atoms with Crippen LogP contribution in [0.1, 0.15) is 51.1 Å². The molecular formula is C18H20N4O3. The molecule has 1 unspecified atom stereocenters. The normalized spacial score (nSPS) is 17.4. The Morgan fingerprint density at radius 1 is 1.44 bits per heavy atom. The van der Waals surface area contributed by atoms with Gasteiger partial charge in [-0.25, -0.2) is 4.79 Å². The number of hydrogen-bond acceptors (Lipinski definition) is 6. The van der Waals surface area contributed by atoms with Gasteiger partial charge in [0.15, 0.2) is 0 Å². The summed E-state index contributed by atoms with van der Waals surface area (Å²) in [4.78, 5) is 18.4. The number of aromatic nitrogens is 2. The van der Waals surface area contributed by atoms with E-state index in [4.69, 9.17) is 14.5 Å². The molecule has 130 valence electrons. The van der Waals surface area contributed by atoms with Gasteiger partial charge in [0.1, 0.15) is 11.6 Å². The van der Waals surface area contributed by atoms with E-state index in [1.807, 2.05) is 26.8 Å². The monoisotopic (exact) mass is 340 g/mol. The summed E-state index contributed by atoms with van der Waals surface area (Å²) in [6.07, 6.45) is 1.23. The molecule has 2 aromatic rings. The molecule has 1 aromatic carbocycles. The Balaban J connectivity index is 1.81. The van der Waals surface area contributed by atoms with Crippen LogP contribution in [0.25, 0.3) is 11.4 Å². The van der Waals surface area contributed by atoms with E-state index in [1.54, 1.807) is 23.1 Å². The van der Waals surface area contributed by atoms with Crippen molar-refractivity contribution in [2.45, 2.75) is 45.3 Å². The second-order valence-corrected chi connectivity index (χ2v) is 6.98. The number of benzene rings is 1. The van der Waals surface area contributed by atoms with E-state index >= 15 is 0 Å². The van der Waals surface area contributed by atoms with Crippen LogP contribution >= 0.6 is 0 Å². The maximum atomic E-state index is 12.4. The molecule has 1 atom stereocenters. The number of carbonyl (C=O) groups is 1. The Morgan fingerprint density at radius 2 is 2.24 bits per heavy atom. The Labute approximate surface area is 146 Å². The molecule has 1 aliphatic heterocycles. The van der Waals surface area contributed by atoms with E-state index in [2.05, 4.69) is 16.2 Å². The van der Waals surface area contributed by atoms with Crippen molar-refractivity contribution in [3.8, 4) is 17.5 Å². The molecule has 1 amide bonds. The molecule has 0 saturated carbocycles. The first-order valence-electron chi connectivity index (χ1n) is 8.21. The molecule has 0 spiro atoms. The van der Waals surface area contributed by atoms with Gasteiger partial charge in [-0.3, -0.25) is 4.90 Å². The van der Waals surface area contributed by atoms with Gasteiger partial charge >= 0.3 is 6.09 Å². The third kappa shape index (κ3) is 3.79. The molecule has 1 aliphatic rings. The lowest BCUT2D eigenvalue weighted by Crippen LogP contribution is -2.36. The van der Waals surface area contributed by atoms with Crippen molar-refractivity contribution in [3.05, 3.63) is 35.7 Å². The number of nitriles is 1. The van der Waals surface area contributed by atoms with Gasteiger partial charge in [0.2, 0.25) is 11.7 Å². The third-order valence-electron chi connectivity index (χ3n) is 3.86. The van der Waals surface area contributed by atoms with Gasteiger partial charge in [0.25, 0.3) is 0 Å². The molecular weight excluding hydrogens is 320 g/mol. The van der Waals surface area contributed by atoms with Crippen molar-refractivity contribution in [1.29, 1.82) is 5.26 Å². The first-order chi connectivity index (χ1) is 11.9. The lowest BCUT2D eigenvalue weighted by Gasteiger charge is -2.26. The lowest BCUT2D eigenvalue weighted by molar-refractivity contribution is 0.0199. The zero-order valence-electron chi connectivity index (χ0n) is 14.5. The summed E-state index contributed by atoms with van der Waals surface area (Å²) in [6, 6.07) is 8.81. The highest BCUT2D eigenvalue weighted by molar-refractivity contribution is 5.69. The van der Waals surface area contributed by atoms with Crippen LogP contribution in [0.3, 0.4) is 0 Å². The summed E-state index contributed by atoms with van der Waals surface area (Å²) in [5.41, 5.74) is 0.679. The Hall–Kier alpha value is -2.88. The van der Waals surface area contributed by atoms with Gasteiger partial charge in [0.05, 0.1) is 11.6 Å². The van der Waals surface area contributed by atoms with Crippen LogP contribution in [0.15, 0.2) is 28.8 Å². The highest BCUT2D eigenvalue weighted by atomic mass is 16.6. The second-order valence-electron chi connectivity index (χ2n) is 6.98. The van der Waals surface area contributed by atoms with E-state index in [0.717, 1.165) is 12.8 Å². The SMILES string of the molecule is CC(C)(C)OC(=O)N1CCCC1c1nc(-c2cccc(C#N)c2)no1. The van der Waals surface area contributed by atoms with Crippen LogP contribution in [0.2, 0.25) is 0 Å². The number of hydrogen-bond donors (Lipinski definition) is 0. The number of likely N-dealkylation sites (tertiary alicyclic amines) is 1. The molecule has 7 heteroatoms. The van der Waals surface area contributed by atoms with Crippen molar-refractivity contribution >= 4 is 6.09 Å². The molecule has 7 nitrogen and oxygen atoms in total. The van der Waals surface area contributed by atoms with Crippen molar-refractivity contribution in [3.63, 3.8) is 0 Å². The Kier molecular flexibility index (Phi) is 4.45. The second kappa shape index (κ2) is 6.55. The van der Waals surface area contributed by atoms with Gasteiger partial charge in [0, 0.05) is 12.1 Å². The van der Waals surface area contributed by atoms with Crippen molar-refractivity contribution in [1.82, 2.24) is 15.0 Å². The number of nitrogens with zero attached hydrogens (tertiary/aromatic N) is 4. The highest BCUT2D eigenvalue weighted by Crippen LogP contribution is 2.33. The first kappa shape index (κ1) is 17.0. The van der Waals surface area contributed by atoms with Crippen LogP contribution < -0.4 is 0 Å². The van der Waals surface area contributed by atoms with Crippen LogP contribution in [0.5, 0.6) is 0 Å². The number of rotatable bonds is 2. The molecule has 2 heterocycles. The first-order valence-corrected chi connectivity index (χ1v) is 8.21. The number of amides is 1. The maximum Gasteiger partial charge on any atom is 0.410 e. The predicted octanol–water partition coefficient (Wildman–Crippen LogP) is 3.68. The zero-order chi connectivity index (χ0) is 18.0. The fourth-order valence-corrected chi connectivity index (χ4v) is 2.78. The van der Waals surface area contributed by atoms with Crippen LogP contribution in [-0.2, 0) is 4.74 Å². The largest absolute Gasteiger partial charge is 0.444 e. The average Bonchev–Trinajstić information content (AvgIpc) is 3.22. The highest BCUT2D eigenvalue weighted by Gasteiger charge is 2.36. The number of ether oxygens (including phenoxy) is 1. The minimum atomic E-state index is -0.554. The topological polar surface area (TPSA) is 92.2 Å². The maximum absolute atomic E-state index is 12.4. The summed E-state index contributed by atoms with van der Waals surface area (Å²) in [5.74, 6) is 0.795. The van der Waals surface area contributed by atoms with Gasteiger partial charge in [-0.1, -0.05) is 17.3 Å². The lowest BCUT2D eigenvalue weighted by atomic mass is 10.1. The van der Waals surface area contributed by atoms with Crippen molar-refractivity contribution in [2.24, 2.45) is 0 Å². The standard InChI is InChI=1S/C18H20N4O3/c1-18(2,3)24-17(23)22-9-5-8-14(22)16-20-15(21-25-16)13-7-4-6-12(10-13)11-19/h4,6-7,10,14H,5,8-9H2,1-3H3. The molecule has 0 N–H and O–H groups in total. The number of carbonyl (C=O) groups excluding carboxylic acids is 1. The quantitative estimate of drug-likeness (QED) is 0.828. The molecule has 3 rings (SSSR count). The molecule has 25 heavy (non-hydrogen) atoms. The van der Waals surface area contributed by atoms with E-state index in [0.29, 0.717) is 29.4 Å². The predicted molar refractivity (Wildman–Crippen MR) is 89.4 cm³/mol. The summed E-state index contributed by atoms with van der Waals surface area (Å²) in [7, 11) is 0. The Morgan fingerprint density at radius 3 is 2.96 bits per heavy atom. The van der Waals surface area contributed by atoms with Gasteiger partial charge in [-0.15, -0.1) is 0 Å². The van der Waals surface area contributed by atoms with Crippen LogP contribution in [0, 0.1) is 11.3 Å². The van der Waals surface area contributed by atoms with E-state index in [-0.39, 0.29) is 12.1 Å². The van der Waals surface area contributed by atoms with Gasteiger partial charge < -0.3 is 9.26 Å². The minimum absolute atomic E-state index is 0.282. The fraction of sp³-hybridized carbons (Fsp3) is 0.444. The van der Waals surface area contributed by atoms with E-state index in [1.165, 1.54) is 0 Å².